The third-order valence-electron chi connectivity index (χ3n) is 5.35. The fraction of sp³-hybridized carbons (Fsp3) is 0.320. The summed E-state index contributed by atoms with van der Waals surface area (Å²) in [4.78, 5) is 19.7. The maximum atomic E-state index is 11.2. The lowest BCUT2D eigenvalue weighted by Crippen LogP contribution is -2.31. The van der Waals surface area contributed by atoms with Crippen LogP contribution in [0.2, 0.25) is 0 Å². The molecule has 0 saturated carbocycles. The van der Waals surface area contributed by atoms with Crippen molar-refractivity contribution in [3.63, 3.8) is 0 Å². The van der Waals surface area contributed by atoms with Crippen molar-refractivity contribution in [2.75, 3.05) is 5.75 Å². The summed E-state index contributed by atoms with van der Waals surface area (Å²) in [6.45, 7) is 2.00. The summed E-state index contributed by atoms with van der Waals surface area (Å²) in [6.07, 6.45) is 3.46. The zero-order chi connectivity index (χ0) is 23.0. The first-order valence-electron chi connectivity index (χ1n) is 10.8. The average molecular weight is 466 g/mol. The molecule has 1 aliphatic rings. The highest BCUT2D eigenvalue weighted by atomic mass is 32.2. The number of aromatic nitrogens is 2. The molecule has 2 N–H and O–H groups in total. The standard InChI is InChI=1S/C25H27N3O4S/c1-17(30)28-14-18-3-9-21(10-4-18)24-31-22(16-33-25-26-11-2-12-27-25)13-23(32-24)20-7-5-19(15-29)6-8-20/h2-12,22-24,29H,13-16H2,1H3,(H,28,30)/t22-,23+,24+/m0/s1. The van der Waals surface area contributed by atoms with Gasteiger partial charge in [-0.1, -0.05) is 60.3 Å². The van der Waals surface area contributed by atoms with Crippen LogP contribution in [-0.2, 0) is 27.4 Å². The normalized spacial score (nSPS) is 20.4. The first kappa shape index (κ1) is 23.4. The second kappa shape index (κ2) is 11.4. The topological polar surface area (TPSA) is 93.6 Å². The zero-order valence-corrected chi connectivity index (χ0v) is 19.2. The van der Waals surface area contributed by atoms with Crippen molar-refractivity contribution in [1.82, 2.24) is 15.3 Å². The second-order valence-electron chi connectivity index (χ2n) is 7.84. The highest BCUT2D eigenvalue weighted by molar-refractivity contribution is 7.99. The van der Waals surface area contributed by atoms with E-state index in [9.17, 15) is 9.90 Å². The van der Waals surface area contributed by atoms with Gasteiger partial charge in [-0.15, -0.1) is 0 Å². The number of carbonyl (C=O) groups excluding carboxylic acids is 1. The van der Waals surface area contributed by atoms with Crippen LogP contribution >= 0.6 is 11.8 Å². The number of hydrogen-bond donors (Lipinski definition) is 2. The van der Waals surface area contributed by atoms with Crippen molar-refractivity contribution in [3.05, 3.63) is 89.2 Å². The highest BCUT2D eigenvalue weighted by Crippen LogP contribution is 2.39. The fourth-order valence-corrected chi connectivity index (χ4v) is 4.39. The Hall–Kier alpha value is -2.78. The van der Waals surface area contributed by atoms with Gasteiger partial charge in [0.2, 0.25) is 5.91 Å². The van der Waals surface area contributed by atoms with Gasteiger partial charge in [0.1, 0.15) is 0 Å². The molecule has 3 aromatic rings. The summed E-state index contributed by atoms with van der Waals surface area (Å²) >= 11 is 1.56. The van der Waals surface area contributed by atoms with E-state index >= 15 is 0 Å². The van der Waals surface area contributed by atoms with Gasteiger partial charge >= 0.3 is 0 Å². The summed E-state index contributed by atoms with van der Waals surface area (Å²) in [5.74, 6) is 0.645. The van der Waals surface area contributed by atoms with Gasteiger partial charge in [0, 0.05) is 43.6 Å². The van der Waals surface area contributed by atoms with Gasteiger partial charge in [0.15, 0.2) is 11.4 Å². The molecule has 8 heteroatoms. The molecular formula is C25H27N3O4S. The average Bonchev–Trinajstić information content (AvgIpc) is 2.87. The molecule has 1 aliphatic heterocycles. The van der Waals surface area contributed by atoms with Gasteiger partial charge in [0.25, 0.3) is 0 Å². The van der Waals surface area contributed by atoms with Crippen LogP contribution in [0, 0.1) is 0 Å². The number of aliphatic hydroxyl groups is 1. The summed E-state index contributed by atoms with van der Waals surface area (Å²) in [7, 11) is 0. The van der Waals surface area contributed by atoms with Gasteiger partial charge < -0.3 is 19.9 Å². The molecule has 1 amide bonds. The van der Waals surface area contributed by atoms with Crippen molar-refractivity contribution >= 4 is 17.7 Å². The smallest absolute Gasteiger partial charge is 0.217 e. The molecule has 2 heterocycles. The second-order valence-corrected chi connectivity index (χ2v) is 8.83. The predicted molar refractivity (Wildman–Crippen MR) is 125 cm³/mol. The quantitative estimate of drug-likeness (QED) is 0.384. The molecule has 7 nitrogen and oxygen atoms in total. The van der Waals surface area contributed by atoms with Crippen LogP contribution in [0.15, 0.2) is 72.1 Å². The van der Waals surface area contributed by atoms with E-state index in [1.807, 2.05) is 48.5 Å². The summed E-state index contributed by atoms with van der Waals surface area (Å²) in [5, 5.41) is 12.9. The molecule has 3 atom stereocenters. The van der Waals surface area contributed by atoms with E-state index in [2.05, 4.69) is 15.3 Å². The number of thioether (sulfide) groups is 1. The van der Waals surface area contributed by atoms with Gasteiger partial charge in [0.05, 0.1) is 18.8 Å². The Morgan fingerprint density at radius 2 is 1.70 bits per heavy atom. The van der Waals surface area contributed by atoms with Gasteiger partial charge in [-0.3, -0.25) is 4.79 Å². The molecule has 1 fully saturated rings. The Balaban J connectivity index is 1.49. The number of hydrogen-bond acceptors (Lipinski definition) is 7. The number of nitrogens with zero attached hydrogens (tertiary/aromatic N) is 2. The van der Waals surface area contributed by atoms with Crippen molar-refractivity contribution in [1.29, 1.82) is 0 Å². The van der Waals surface area contributed by atoms with E-state index in [1.54, 1.807) is 30.2 Å². The molecular weight excluding hydrogens is 438 g/mol. The zero-order valence-electron chi connectivity index (χ0n) is 18.4. The lowest BCUT2D eigenvalue weighted by atomic mass is 10.0. The molecule has 4 rings (SSSR count). The SMILES string of the molecule is CC(=O)NCc1ccc([C@@H]2O[C@H](CSc3ncccn3)C[C@H](c3ccc(CO)cc3)O2)cc1. The third kappa shape index (κ3) is 6.61. The molecule has 0 radical (unpaired) electrons. The number of ether oxygens (including phenoxy) is 2. The molecule has 0 aliphatic carbocycles. The molecule has 0 bridgehead atoms. The fourth-order valence-electron chi connectivity index (χ4n) is 3.57. The van der Waals surface area contributed by atoms with Gasteiger partial charge in [-0.25, -0.2) is 9.97 Å². The van der Waals surface area contributed by atoms with Crippen molar-refractivity contribution < 1.29 is 19.4 Å². The Morgan fingerprint density at radius 1 is 1.03 bits per heavy atom. The maximum Gasteiger partial charge on any atom is 0.217 e. The van der Waals surface area contributed by atoms with Crippen molar-refractivity contribution in [3.8, 4) is 0 Å². The Kier molecular flexibility index (Phi) is 8.06. The minimum atomic E-state index is -0.515. The highest BCUT2D eigenvalue weighted by Gasteiger charge is 2.32. The molecule has 172 valence electrons. The van der Waals surface area contributed by atoms with Crippen LogP contribution in [0.4, 0.5) is 0 Å². The molecule has 33 heavy (non-hydrogen) atoms. The van der Waals surface area contributed by atoms with Crippen LogP contribution in [0.1, 0.15) is 48.0 Å². The molecule has 0 spiro atoms. The minimum Gasteiger partial charge on any atom is -0.392 e. The maximum absolute atomic E-state index is 11.2. The molecule has 1 aromatic heterocycles. The first-order chi connectivity index (χ1) is 16.1. The van der Waals surface area contributed by atoms with Gasteiger partial charge in [-0.2, -0.15) is 0 Å². The van der Waals surface area contributed by atoms with Crippen LogP contribution in [0.25, 0.3) is 0 Å². The van der Waals surface area contributed by atoms with E-state index in [4.69, 9.17) is 9.47 Å². The van der Waals surface area contributed by atoms with Gasteiger partial charge in [-0.05, 0) is 22.8 Å². The van der Waals surface area contributed by atoms with Crippen molar-refractivity contribution in [2.24, 2.45) is 0 Å². The number of nitrogens with one attached hydrogen (secondary N) is 1. The lowest BCUT2D eigenvalue weighted by Gasteiger charge is -2.36. The van der Waals surface area contributed by atoms with E-state index in [-0.39, 0.29) is 24.7 Å². The van der Waals surface area contributed by atoms with Crippen molar-refractivity contribution in [2.45, 2.75) is 50.2 Å². The number of rotatable bonds is 8. The number of benzene rings is 2. The van der Waals surface area contributed by atoms with E-state index in [0.29, 0.717) is 18.7 Å². The largest absolute Gasteiger partial charge is 0.392 e. The van der Waals surface area contributed by atoms with E-state index in [0.717, 1.165) is 27.4 Å². The number of carbonyl (C=O) groups is 1. The lowest BCUT2D eigenvalue weighted by molar-refractivity contribution is -0.245. The number of amides is 1. The third-order valence-corrected chi connectivity index (χ3v) is 6.36. The Bertz CT molecular complexity index is 1030. The molecule has 1 saturated heterocycles. The van der Waals surface area contributed by atoms with E-state index in [1.165, 1.54) is 6.92 Å². The summed E-state index contributed by atoms with van der Waals surface area (Å²) in [5.41, 5.74) is 3.85. The Morgan fingerprint density at radius 3 is 2.36 bits per heavy atom. The first-order valence-corrected chi connectivity index (χ1v) is 11.8. The Labute approximate surface area is 197 Å². The minimum absolute atomic E-state index is 0.0126. The monoisotopic (exact) mass is 465 g/mol. The summed E-state index contributed by atoms with van der Waals surface area (Å²) in [6, 6.07) is 17.5. The molecule has 0 unspecified atom stereocenters. The van der Waals surface area contributed by atoms with Crippen LogP contribution in [0.5, 0.6) is 0 Å². The number of aliphatic hydroxyl groups excluding tert-OH is 1. The predicted octanol–water partition coefficient (Wildman–Crippen LogP) is 3.94. The van der Waals surface area contributed by atoms with Crippen LogP contribution in [-0.4, -0.2) is 32.8 Å². The van der Waals surface area contributed by atoms with Crippen LogP contribution in [0.3, 0.4) is 0 Å². The summed E-state index contributed by atoms with van der Waals surface area (Å²) < 4.78 is 12.7. The van der Waals surface area contributed by atoms with Crippen LogP contribution < -0.4 is 5.32 Å². The molecule has 2 aromatic carbocycles. The van der Waals surface area contributed by atoms with E-state index < -0.39 is 6.29 Å².